The van der Waals surface area contributed by atoms with Crippen molar-refractivity contribution in [3.8, 4) is 11.4 Å². The van der Waals surface area contributed by atoms with Crippen molar-refractivity contribution in [2.75, 3.05) is 23.7 Å². The third kappa shape index (κ3) is 4.39. The second kappa shape index (κ2) is 8.39. The minimum absolute atomic E-state index is 0.0156. The predicted molar refractivity (Wildman–Crippen MR) is 116 cm³/mol. The van der Waals surface area contributed by atoms with Crippen molar-refractivity contribution in [1.29, 1.82) is 0 Å². The quantitative estimate of drug-likeness (QED) is 0.540. The number of para-hydroxylation sites is 1. The second-order valence-electron chi connectivity index (χ2n) is 7.33. The molecule has 31 heavy (non-hydrogen) atoms. The Labute approximate surface area is 178 Å². The highest BCUT2D eigenvalue weighted by Crippen LogP contribution is 2.37. The van der Waals surface area contributed by atoms with Crippen LogP contribution in [0, 0.1) is 0 Å². The number of nitrogens with two attached hydrogens (primary N) is 1. The molecule has 0 radical (unpaired) electrons. The first kappa shape index (κ1) is 20.9. The van der Waals surface area contributed by atoms with Crippen LogP contribution in [-0.4, -0.2) is 23.1 Å². The van der Waals surface area contributed by atoms with Crippen LogP contribution in [0.15, 0.2) is 60.2 Å². The first-order valence-electron chi connectivity index (χ1n) is 9.91. The Bertz CT molecular complexity index is 1140. The van der Waals surface area contributed by atoms with Crippen molar-refractivity contribution >= 4 is 17.2 Å². The number of anilines is 2. The smallest absolute Gasteiger partial charge is 0.381 e. The number of nitrogens with zero attached hydrogens (tertiary/aromatic N) is 2. The van der Waals surface area contributed by atoms with Gasteiger partial charge in [0.15, 0.2) is 5.82 Å². The fourth-order valence-corrected chi connectivity index (χ4v) is 3.59. The van der Waals surface area contributed by atoms with Gasteiger partial charge in [-0.3, -0.25) is 0 Å². The maximum absolute atomic E-state index is 13.6. The Morgan fingerprint density at radius 3 is 2.48 bits per heavy atom. The zero-order valence-corrected chi connectivity index (χ0v) is 16.9. The SMILES string of the molecule is CC1=C(Nc2cc(CCN)nc(-c3ccccc3C(F)(F)F)n2)c2ccccc2NC1. The zero-order chi connectivity index (χ0) is 22.0. The van der Waals surface area contributed by atoms with E-state index in [9.17, 15) is 13.2 Å². The van der Waals surface area contributed by atoms with Crippen LogP contribution in [0.1, 0.15) is 23.7 Å². The number of hydrogen-bond donors (Lipinski definition) is 3. The molecule has 4 rings (SSSR count). The van der Waals surface area contributed by atoms with Crippen LogP contribution in [0.5, 0.6) is 0 Å². The topological polar surface area (TPSA) is 75.9 Å². The lowest BCUT2D eigenvalue weighted by atomic mass is 10.0. The van der Waals surface area contributed by atoms with Gasteiger partial charge in [0.2, 0.25) is 0 Å². The van der Waals surface area contributed by atoms with E-state index < -0.39 is 11.7 Å². The van der Waals surface area contributed by atoms with Crippen LogP contribution >= 0.6 is 0 Å². The van der Waals surface area contributed by atoms with Crippen molar-refractivity contribution in [3.05, 3.63) is 77.0 Å². The molecule has 1 aliphatic rings. The minimum Gasteiger partial charge on any atom is -0.381 e. The highest BCUT2D eigenvalue weighted by Gasteiger charge is 2.34. The molecule has 0 amide bonds. The summed E-state index contributed by atoms with van der Waals surface area (Å²) in [6.07, 6.45) is -4.08. The van der Waals surface area contributed by atoms with Gasteiger partial charge in [0.05, 0.1) is 5.56 Å². The number of fused-ring (bicyclic) bond motifs is 1. The van der Waals surface area contributed by atoms with Crippen molar-refractivity contribution in [2.24, 2.45) is 5.73 Å². The Balaban J connectivity index is 1.80. The van der Waals surface area contributed by atoms with Gasteiger partial charge in [-0.05, 0) is 31.2 Å². The minimum atomic E-state index is -4.51. The van der Waals surface area contributed by atoms with Gasteiger partial charge in [-0.2, -0.15) is 13.2 Å². The van der Waals surface area contributed by atoms with E-state index in [1.165, 1.54) is 12.1 Å². The molecule has 0 saturated heterocycles. The largest absolute Gasteiger partial charge is 0.417 e. The number of benzene rings is 2. The molecular weight excluding hydrogens is 403 g/mol. The molecule has 2 heterocycles. The van der Waals surface area contributed by atoms with Crippen LogP contribution < -0.4 is 16.4 Å². The maximum atomic E-state index is 13.6. The van der Waals surface area contributed by atoms with E-state index in [1.807, 2.05) is 31.2 Å². The van der Waals surface area contributed by atoms with Crippen LogP contribution in [-0.2, 0) is 12.6 Å². The van der Waals surface area contributed by atoms with Gasteiger partial charge in [-0.25, -0.2) is 9.97 Å². The average Bonchev–Trinajstić information content (AvgIpc) is 2.75. The molecule has 1 aliphatic heterocycles. The van der Waals surface area contributed by atoms with Gasteiger partial charge in [-0.1, -0.05) is 36.4 Å². The number of alkyl halides is 3. The van der Waals surface area contributed by atoms with Gasteiger partial charge >= 0.3 is 6.18 Å². The summed E-state index contributed by atoms with van der Waals surface area (Å²) >= 11 is 0. The van der Waals surface area contributed by atoms with Crippen molar-refractivity contribution < 1.29 is 13.2 Å². The molecule has 0 saturated carbocycles. The van der Waals surface area contributed by atoms with Crippen molar-refractivity contribution in [2.45, 2.75) is 19.5 Å². The van der Waals surface area contributed by atoms with Gasteiger partial charge in [0.1, 0.15) is 5.82 Å². The molecule has 0 atom stereocenters. The van der Waals surface area contributed by atoms with Crippen LogP contribution in [0.2, 0.25) is 0 Å². The Morgan fingerprint density at radius 1 is 1.03 bits per heavy atom. The molecule has 4 N–H and O–H groups in total. The molecule has 0 aliphatic carbocycles. The number of aromatic nitrogens is 2. The molecular formula is C23H22F3N5. The van der Waals surface area contributed by atoms with Crippen LogP contribution in [0.4, 0.5) is 24.7 Å². The van der Waals surface area contributed by atoms with E-state index in [2.05, 4.69) is 20.6 Å². The number of nitrogens with one attached hydrogen (secondary N) is 2. The number of rotatable bonds is 5. The van der Waals surface area contributed by atoms with Gasteiger partial charge in [0.25, 0.3) is 0 Å². The molecule has 5 nitrogen and oxygen atoms in total. The van der Waals surface area contributed by atoms with Crippen LogP contribution in [0.3, 0.4) is 0 Å². The van der Waals surface area contributed by atoms with E-state index >= 15 is 0 Å². The molecule has 160 valence electrons. The lowest BCUT2D eigenvalue weighted by molar-refractivity contribution is -0.137. The monoisotopic (exact) mass is 425 g/mol. The Kier molecular flexibility index (Phi) is 5.65. The summed E-state index contributed by atoms with van der Waals surface area (Å²) in [6, 6.07) is 14.9. The number of halogens is 3. The van der Waals surface area contributed by atoms with Crippen molar-refractivity contribution in [3.63, 3.8) is 0 Å². The summed E-state index contributed by atoms with van der Waals surface area (Å²) in [6.45, 7) is 2.97. The Morgan fingerprint density at radius 2 is 1.74 bits per heavy atom. The molecule has 0 bridgehead atoms. The van der Waals surface area contributed by atoms with Gasteiger partial charge in [-0.15, -0.1) is 0 Å². The molecule has 3 aromatic rings. The van der Waals surface area contributed by atoms with Crippen LogP contribution in [0.25, 0.3) is 17.1 Å². The summed E-state index contributed by atoms with van der Waals surface area (Å²) in [7, 11) is 0. The maximum Gasteiger partial charge on any atom is 0.417 e. The number of hydrogen-bond acceptors (Lipinski definition) is 5. The average molecular weight is 425 g/mol. The predicted octanol–water partition coefficient (Wildman–Crippen LogP) is 4.93. The molecule has 2 aromatic carbocycles. The molecule has 0 fully saturated rings. The lowest BCUT2D eigenvalue weighted by Gasteiger charge is -2.24. The summed E-state index contributed by atoms with van der Waals surface area (Å²) in [5, 5.41) is 6.67. The third-order valence-corrected chi connectivity index (χ3v) is 5.07. The third-order valence-electron chi connectivity index (χ3n) is 5.07. The summed E-state index contributed by atoms with van der Waals surface area (Å²) in [5.41, 5.74) is 9.33. The van der Waals surface area contributed by atoms with E-state index in [0.29, 0.717) is 31.0 Å². The van der Waals surface area contributed by atoms with Gasteiger partial charge in [0, 0.05) is 47.2 Å². The molecule has 1 aromatic heterocycles. The first-order valence-corrected chi connectivity index (χ1v) is 9.91. The highest BCUT2D eigenvalue weighted by atomic mass is 19.4. The van der Waals surface area contributed by atoms with E-state index in [0.717, 1.165) is 28.6 Å². The lowest BCUT2D eigenvalue weighted by Crippen LogP contribution is -2.17. The zero-order valence-electron chi connectivity index (χ0n) is 16.9. The fourth-order valence-electron chi connectivity index (χ4n) is 3.59. The fraction of sp³-hybridized carbons (Fsp3) is 0.217. The second-order valence-corrected chi connectivity index (χ2v) is 7.33. The normalized spacial score (nSPS) is 13.6. The first-order chi connectivity index (χ1) is 14.9. The summed E-state index contributed by atoms with van der Waals surface area (Å²) in [5.74, 6) is 0.443. The van der Waals surface area contributed by atoms with E-state index in [-0.39, 0.29) is 11.4 Å². The molecule has 0 unspecified atom stereocenters. The van der Waals surface area contributed by atoms with E-state index in [1.54, 1.807) is 12.1 Å². The van der Waals surface area contributed by atoms with Crippen molar-refractivity contribution in [1.82, 2.24) is 9.97 Å². The summed E-state index contributed by atoms with van der Waals surface area (Å²) in [4.78, 5) is 8.81. The highest BCUT2D eigenvalue weighted by molar-refractivity contribution is 5.87. The van der Waals surface area contributed by atoms with E-state index in [4.69, 9.17) is 5.73 Å². The molecule has 8 heteroatoms. The standard InChI is InChI=1S/C23H22F3N5/c1-14-13-28-19-9-5-3-7-17(19)21(14)30-20-12-15(10-11-27)29-22(31-20)16-6-2-4-8-18(16)23(24,25)26/h2-9,12,28H,10-11,13,27H2,1H3,(H,29,30,31). The summed E-state index contributed by atoms with van der Waals surface area (Å²) < 4.78 is 40.7. The Hall–Kier alpha value is -3.39. The van der Waals surface area contributed by atoms with Gasteiger partial charge < -0.3 is 16.4 Å². The molecule has 0 spiro atoms.